The molecule has 2 amide bonds. The van der Waals surface area contributed by atoms with Crippen LogP contribution in [0.3, 0.4) is 0 Å². The lowest BCUT2D eigenvalue weighted by molar-refractivity contribution is -0.387. The van der Waals surface area contributed by atoms with Crippen molar-refractivity contribution >= 4 is 47.0 Å². The van der Waals surface area contributed by atoms with Crippen LogP contribution in [0, 0.1) is 10.1 Å². The standard InChI is InChI=1S/C15H17N3O6S2/c16-15(22)9-1-2-12(11(5-9)18(23)24)26-8-13(19)17-3-4-25-7-10(17)6-14(20)21/h1-2,5,10H,3-4,6-8H2,(H2,16,22)(H,20,21). The highest BCUT2D eigenvalue weighted by Gasteiger charge is 2.29. The van der Waals surface area contributed by atoms with E-state index in [4.69, 9.17) is 10.8 Å². The van der Waals surface area contributed by atoms with Crippen LogP contribution in [0.15, 0.2) is 23.1 Å². The van der Waals surface area contributed by atoms with E-state index in [2.05, 4.69) is 0 Å². The van der Waals surface area contributed by atoms with E-state index in [1.54, 1.807) is 11.8 Å². The van der Waals surface area contributed by atoms with Gasteiger partial charge >= 0.3 is 5.97 Å². The van der Waals surface area contributed by atoms with Crippen LogP contribution in [0.4, 0.5) is 5.69 Å². The van der Waals surface area contributed by atoms with Gasteiger partial charge in [-0.15, -0.1) is 11.8 Å². The van der Waals surface area contributed by atoms with Crippen LogP contribution in [-0.2, 0) is 9.59 Å². The van der Waals surface area contributed by atoms with Crippen LogP contribution in [0.25, 0.3) is 0 Å². The van der Waals surface area contributed by atoms with Crippen LogP contribution < -0.4 is 5.73 Å². The fraction of sp³-hybridized carbons (Fsp3) is 0.400. The monoisotopic (exact) mass is 399 g/mol. The van der Waals surface area contributed by atoms with Gasteiger partial charge in [0.2, 0.25) is 11.8 Å². The number of aliphatic carboxylic acids is 1. The Morgan fingerprint density at radius 1 is 1.42 bits per heavy atom. The van der Waals surface area contributed by atoms with Crippen LogP contribution in [0.2, 0.25) is 0 Å². The normalized spacial score (nSPS) is 16.9. The molecule has 1 aliphatic heterocycles. The SMILES string of the molecule is NC(=O)c1ccc(SCC(=O)N2CCSCC2CC(=O)O)c([N+](=O)[O-])c1. The summed E-state index contributed by atoms with van der Waals surface area (Å²) in [7, 11) is 0. The van der Waals surface area contributed by atoms with Gasteiger partial charge in [0.25, 0.3) is 5.69 Å². The van der Waals surface area contributed by atoms with E-state index in [1.807, 2.05) is 0 Å². The zero-order valence-electron chi connectivity index (χ0n) is 13.6. The Hall–Kier alpha value is -2.27. The van der Waals surface area contributed by atoms with Gasteiger partial charge in [-0.1, -0.05) is 0 Å². The molecule has 0 aromatic heterocycles. The van der Waals surface area contributed by atoms with Crippen molar-refractivity contribution in [2.24, 2.45) is 5.73 Å². The number of nitro groups is 1. The van der Waals surface area contributed by atoms with E-state index < -0.39 is 16.8 Å². The van der Waals surface area contributed by atoms with Gasteiger partial charge in [0, 0.05) is 29.7 Å². The molecule has 1 fully saturated rings. The highest BCUT2D eigenvalue weighted by Crippen LogP contribution is 2.31. The van der Waals surface area contributed by atoms with E-state index in [0.717, 1.165) is 23.6 Å². The van der Waals surface area contributed by atoms with Gasteiger partial charge in [0.05, 0.1) is 28.0 Å². The molecule has 1 aromatic carbocycles. The van der Waals surface area contributed by atoms with E-state index in [-0.39, 0.29) is 40.3 Å². The molecule has 1 aromatic rings. The summed E-state index contributed by atoms with van der Waals surface area (Å²) in [6.07, 6.45) is -0.128. The van der Waals surface area contributed by atoms with Crippen molar-refractivity contribution in [3.8, 4) is 0 Å². The third-order valence-corrected chi connectivity index (χ3v) is 5.89. The smallest absolute Gasteiger partial charge is 0.305 e. The summed E-state index contributed by atoms with van der Waals surface area (Å²) in [4.78, 5) is 46.9. The summed E-state index contributed by atoms with van der Waals surface area (Å²) in [5.74, 6) is -0.799. The van der Waals surface area contributed by atoms with Gasteiger partial charge in [0.1, 0.15) is 0 Å². The fourth-order valence-corrected chi connectivity index (χ4v) is 4.46. The highest BCUT2D eigenvalue weighted by molar-refractivity contribution is 8.00. The Morgan fingerprint density at radius 2 is 2.15 bits per heavy atom. The van der Waals surface area contributed by atoms with Crippen molar-refractivity contribution < 1.29 is 24.4 Å². The van der Waals surface area contributed by atoms with E-state index in [0.29, 0.717) is 12.3 Å². The molecule has 1 unspecified atom stereocenters. The first-order valence-electron chi connectivity index (χ1n) is 7.59. The van der Waals surface area contributed by atoms with Crippen molar-refractivity contribution in [2.45, 2.75) is 17.4 Å². The molecular formula is C15H17N3O6S2. The molecule has 0 saturated carbocycles. The maximum atomic E-state index is 12.5. The number of hydrogen-bond donors (Lipinski definition) is 2. The van der Waals surface area contributed by atoms with E-state index >= 15 is 0 Å². The first-order chi connectivity index (χ1) is 12.3. The molecule has 3 N–H and O–H groups in total. The predicted molar refractivity (Wildman–Crippen MR) is 97.4 cm³/mol. The molecule has 0 spiro atoms. The Bertz CT molecular complexity index is 742. The summed E-state index contributed by atoms with van der Waals surface area (Å²) in [5, 5.41) is 20.2. The van der Waals surface area contributed by atoms with Crippen LogP contribution >= 0.6 is 23.5 Å². The molecule has 0 aliphatic carbocycles. The third-order valence-electron chi connectivity index (χ3n) is 3.75. The number of primary amides is 1. The summed E-state index contributed by atoms with van der Waals surface area (Å²) in [5.41, 5.74) is 4.85. The molecular weight excluding hydrogens is 382 g/mol. The molecule has 2 rings (SSSR count). The first-order valence-corrected chi connectivity index (χ1v) is 9.73. The highest BCUT2D eigenvalue weighted by atomic mass is 32.2. The van der Waals surface area contributed by atoms with Gasteiger partial charge in [-0.3, -0.25) is 24.5 Å². The fourth-order valence-electron chi connectivity index (χ4n) is 2.51. The molecule has 11 heteroatoms. The number of hydrogen-bond acceptors (Lipinski definition) is 7. The minimum atomic E-state index is -0.972. The van der Waals surface area contributed by atoms with Crippen molar-refractivity contribution in [3.05, 3.63) is 33.9 Å². The number of benzene rings is 1. The van der Waals surface area contributed by atoms with Crippen molar-refractivity contribution in [3.63, 3.8) is 0 Å². The maximum absolute atomic E-state index is 12.5. The van der Waals surface area contributed by atoms with Gasteiger partial charge in [0.15, 0.2) is 0 Å². The number of thioether (sulfide) groups is 2. The molecule has 26 heavy (non-hydrogen) atoms. The number of carbonyl (C=O) groups is 3. The largest absolute Gasteiger partial charge is 0.481 e. The van der Waals surface area contributed by atoms with Crippen LogP contribution in [-0.4, -0.2) is 62.6 Å². The van der Waals surface area contributed by atoms with E-state index in [9.17, 15) is 24.5 Å². The quantitative estimate of drug-likeness (QED) is 0.395. The summed E-state index contributed by atoms with van der Waals surface area (Å²) in [6.45, 7) is 0.449. The molecule has 140 valence electrons. The Labute approximate surface area is 157 Å². The molecule has 1 atom stereocenters. The minimum Gasteiger partial charge on any atom is -0.481 e. The number of nitro benzene ring substituents is 1. The molecule has 1 heterocycles. The molecule has 9 nitrogen and oxygen atoms in total. The molecule has 1 aliphatic rings. The second-order valence-corrected chi connectivity index (χ2v) is 7.67. The number of nitrogens with zero attached hydrogens (tertiary/aromatic N) is 2. The van der Waals surface area contributed by atoms with Crippen LogP contribution in [0.5, 0.6) is 0 Å². The lowest BCUT2D eigenvalue weighted by Crippen LogP contribution is -2.47. The van der Waals surface area contributed by atoms with Crippen molar-refractivity contribution in [1.29, 1.82) is 0 Å². The second kappa shape index (κ2) is 8.90. The lowest BCUT2D eigenvalue weighted by atomic mass is 10.2. The number of rotatable bonds is 7. The lowest BCUT2D eigenvalue weighted by Gasteiger charge is -2.34. The summed E-state index contributed by atoms with van der Waals surface area (Å²) >= 11 is 2.57. The van der Waals surface area contributed by atoms with Gasteiger partial charge in [-0.25, -0.2) is 0 Å². The Kier molecular flexibility index (Phi) is 6.86. The topological polar surface area (TPSA) is 144 Å². The predicted octanol–water partition coefficient (Wildman–Crippen LogP) is 1.20. The zero-order valence-corrected chi connectivity index (χ0v) is 15.3. The first kappa shape index (κ1) is 20.0. The molecule has 0 bridgehead atoms. The van der Waals surface area contributed by atoms with Crippen molar-refractivity contribution in [1.82, 2.24) is 4.90 Å². The minimum absolute atomic E-state index is 0.0157. The number of carboxylic acid groups (broad SMARTS) is 1. The van der Waals surface area contributed by atoms with Gasteiger partial charge in [-0.05, 0) is 12.1 Å². The number of carbonyl (C=O) groups excluding carboxylic acids is 2. The third kappa shape index (κ3) is 5.11. The maximum Gasteiger partial charge on any atom is 0.305 e. The van der Waals surface area contributed by atoms with Gasteiger partial charge < -0.3 is 15.7 Å². The number of carboxylic acids is 1. The summed E-state index contributed by atoms with van der Waals surface area (Å²) in [6, 6.07) is 3.45. The average molecular weight is 399 g/mol. The Balaban J connectivity index is 2.09. The van der Waals surface area contributed by atoms with Crippen molar-refractivity contribution in [2.75, 3.05) is 23.8 Å². The van der Waals surface area contributed by atoms with Crippen LogP contribution in [0.1, 0.15) is 16.8 Å². The second-order valence-electron chi connectivity index (χ2n) is 5.51. The molecule has 1 saturated heterocycles. The molecule has 0 radical (unpaired) electrons. The average Bonchev–Trinajstić information content (AvgIpc) is 2.59. The van der Waals surface area contributed by atoms with E-state index in [1.165, 1.54) is 17.0 Å². The summed E-state index contributed by atoms with van der Waals surface area (Å²) < 4.78 is 0. The number of amides is 2. The number of nitrogens with two attached hydrogens (primary N) is 1. The van der Waals surface area contributed by atoms with Gasteiger partial charge in [-0.2, -0.15) is 11.8 Å². The Morgan fingerprint density at radius 3 is 2.77 bits per heavy atom. The zero-order chi connectivity index (χ0) is 19.3.